The number of amides is 1. The Bertz CT molecular complexity index is 1280. The Balaban J connectivity index is 1.61. The minimum Gasteiger partial charge on any atom is -0.493 e. The SMILES string of the molecule is COc1cc(C(=O)Oc2cccc(C=NNC(=O)COc3c(C)cc(C)cc3Br)c2)cc(OC)c1OC. The fraction of sp³-hybridized carbons (Fsp3) is 0.222. The van der Waals surface area contributed by atoms with Gasteiger partial charge in [0.2, 0.25) is 5.75 Å². The maximum atomic E-state index is 12.7. The molecule has 0 radical (unpaired) electrons. The van der Waals surface area contributed by atoms with Crippen LogP contribution in [0.2, 0.25) is 0 Å². The summed E-state index contributed by atoms with van der Waals surface area (Å²) in [6, 6.07) is 13.6. The number of carbonyl (C=O) groups excluding carboxylic acids is 2. The van der Waals surface area contributed by atoms with E-state index in [-0.39, 0.29) is 17.9 Å². The van der Waals surface area contributed by atoms with Crippen molar-refractivity contribution < 1.29 is 33.3 Å². The summed E-state index contributed by atoms with van der Waals surface area (Å²) < 4.78 is 27.7. The highest BCUT2D eigenvalue weighted by Crippen LogP contribution is 2.38. The summed E-state index contributed by atoms with van der Waals surface area (Å²) in [6.07, 6.45) is 1.43. The van der Waals surface area contributed by atoms with Crippen LogP contribution in [0.25, 0.3) is 0 Å². The molecule has 0 saturated heterocycles. The Labute approximate surface area is 223 Å². The van der Waals surface area contributed by atoms with E-state index in [0.717, 1.165) is 15.6 Å². The lowest BCUT2D eigenvalue weighted by atomic mass is 10.1. The summed E-state index contributed by atoms with van der Waals surface area (Å²) in [7, 11) is 4.40. The Kier molecular flexibility index (Phi) is 9.51. The van der Waals surface area contributed by atoms with Crippen molar-refractivity contribution in [2.45, 2.75) is 13.8 Å². The van der Waals surface area contributed by atoms with Gasteiger partial charge >= 0.3 is 5.97 Å². The Morgan fingerprint density at radius 3 is 2.27 bits per heavy atom. The summed E-state index contributed by atoms with van der Waals surface area (Å²) in [5.74, 6) is 0.889. The van der Waals surface area contributed by atoms with Crippen molar-refractivity contribution in [1.82, 2.24) is 5.43 Å². The van der Waals surface area contributed by atoms with Gasteiger partial charge in [-0.2, -0.15) is 5.10 Å². The van der Waals surface area contributed by atoms with Crippen LogP contribution < -0.4 is 29.1 Å². The molecular weight excluding hydrogens is 544 g/mol. The first kappa shape index (κ1) is 27.5. The molecule has 37 heavy (non-hydrogen) atoms. The molecule has 10 heteroatoms. The number of carbonyl (C=O) groups is 2. The topological polar surface area (TPSA) is 105 Å². The number of rotatable bonds is 10. The maximum absolute atomic E-state index is 12.7. The lowest BCUT2D eigenvalue weighted by molar-refractivity contribution is -0.123. The highest BCUT2D eigenvalue weighted by atomic mass is 79.9. The van der Waals surface area contributed by atoms with Gasteiger partial charge in [0, 0.05) is 0 Å². The van der Waals surface area contributed by atoms with Gasteiger partial charge in [-0.05, 0) is 76.8 Å². The molecule has 0 aromatic heterocycles. The average Bonchev–Trinajstić information content (AvgIpc) is 2.87. The number of hydrazone groups is 1. The van der Waals surface area contributed by atoms with Crippen LogP contribution in [-0.4, -0.2) is 46.0 Å². The fourth-order valence-electron chi connectivity index (χ4n) is 3.46. The molecule has 1 amide bonds. The zero-order valence-corrected chi connectivity index (χ0v) is 22.7. The van der Waals surface area contributed by atoms with Gasteiger partial charge in [-0.25, -0.2) is 10.2 Å². The Morgan fingerprint density at radius 2 is 1.65 bits per heavy atom. The van der Waals surface area contributed by atoms with Crippen molar-refractivity contribution in [3.8, 4) is 28.7 Å². The number of benzene rings is 3. The van der Waals surface area contributed by atoms with Gasteiger partial charge < -0.3 is 23.7 Å². The number of halogens is 1. The van der Waals surface area contributed by atoms with Gasteiger partial charge in [-0.1, -0.05) is 18.2 Å². The number of ether oxygens (including phenoxy) is 5. The Hall–Kier alpha value is -4.05. The lowest BCUT2D eigenvalue weighted by Crippen LogP contribution is -2.24. The Morgan fingerprint density at radius 1 is 0.946 bits per heavy atom. The molecule has 1 N–H and O–H groups in total. The molecule has 0 fully saturated rings. The van der Waals surface area contributed by atoms with E-state index in [1.807, 2.05) is 26.0 Å². The third-order valence-corrected chi connectivity index (χ3v) is 5.68. The van der Waals surface area contributed by atoms with Gasteiger partial charge in [0.25, 0.3) is 5.91 Å². The first-order valence-corrected chi connectivity index (χ1v) is 11.9. The summed E-state index contributed by atoms with van der Waals surface area (Å²) in [6.45, 7) is 3.68. The van der Waals surface area contributed by atoms with Gasteiger partial charge in [-0.15, -0.1) is 0 Å². The molecule has 0 bridgehead atoms. The number of esters is 1. The quantitative estimate of drug-likeness (QED) is 0.161. The zero-order chi connectivity index (χ0) is 26.9. The molecule has 3 aromatic rings. The average molecular weight is 571 g/mol. The number of aryl methyl sites for hydroxylation is 2. The standard InChI is InChI=1S/C27H27BrN2O7/c1-16-9-17(2)25(21(28)10-16)36-15-24(31)30-29-14-18-7-6-8-20(11-18)37-27(32)19-12-22(33-3)26(35-5)23(13-19)34-4/h6-14H,15H2,1-5H3,(H,30,31). The summed E-state index contributed by atoms with van der Waals surface area (Å²) in [5.41, 5.74) is 5.24. The van der Waals surface area contributed by atoms with E-state index in [1.165, 1.54) is 39.7 Å². The molecule has 0 aliphatic carbocycles. The van der Waals surface area contributed by atoms with Crippen molar-refractivity contribution in [3.05, 3.63) is 75.3 Å². The third-order valence-electron chi connectivity index (χ3n) is 5.09. The van der Waals surface area contributed by atoms with Crippen LogP contribution in [-0.2, 0) is 4.79 Å². The van der Waals surface area contributed by atoms with E-state index in [2.05, 4.69) is 26.5 Å². The molecular formula is C27H27BrN2O7. The molecule has 0 unspecified atom stereocenters. The van der Waals surface area contributed by atoms with Crippen molar-refractivity contribution in [2.24, 2.45) is 5.10 Å². The molecule has 3 aromatic carbocycles. The molecule has 3 rings (SSSR count). The molecule has 0 atom stereocenters. The second-order valence-electron chi connectivity index (χ2n) is 7.85. The van der Waals surface area contributed by atoms with Crippen LogP contribution >= 0.6 is 15.9 Å². The lowest BCUT2D eigenvalue weighted by Gasteiger charge is -2.13. The van der Waals surface area contributed by atoms with E-state index < -0.39 is 11.9 Å². The van der Waals surface area contributed by atoms with Crippen molar-refractivity contribution in [2.75, 3.05) is 27.9 Å². The highest BCUT2D eigenvalue weighted by molar-refractivity contribution is 9.10. The van der Waals surface area contributed by atoms with Crippen LogP contribution in [0, 0.1) is 13.8 Å². The molecule has 194 valence electrons. The zero-order valence-electron chi connectivity index (χ0n) is 21.1. The molecule has 0 saturated carbocycles. The summed E-state index contributed by atoms with van der Waals surface area (Å²) in [5, 5.41) is 3.95. The third kappa shape index (κ3) is 7.23. The van der Waals surface area contributed by atoms with Crippen LogP contribution in [0.4, 0.5) is 0 Å². The van der Waals surface area contributed by atoms with E-state index in [1.54, 1.807) is 24.3 Å². The predicted molar refractivity (Wildman–Crippen MR) is 142 cm³/mol. The first-order valence-electron chi connectivity index (χ1n) is 11.1. The van der Waals surface area contributed by atoms with Crippen molar-refractivity contribution in [1.29, 1.82) is 0 Å². The van der Waals surface area contributed by atoms with Crippen LogP contribution in [0.15, 0.2) is 58.1 Å². The monoisotopic (exact) mass is 570 g/mol. The van der Waals surface area contributed by atoms with Crippen molar-refractivity contribution in [3.63, 3.8) is 0 Å². The van der Waals surface area contributed by atoms with E-state index in [9.17, 15) is 9.59 Å². The van der Waals surface area contributed by atoms with E-state index in [0.29, 0.717) is 28.6 Å². The van der Waals surface area contributed by atoms with Crippen molar-refractivity contribution >= 4 is 34.0 Å². The van der Waals surface area contributed by atoms with Gasteiger partial charge in [-0.3, -0.25) is 4.79 Å². The normalized spacial score (nSPS) is 10.6. The maximum Gasteiger partial charge on any atom is 0.343 e. The van der Waals surface area contributed by atoms with E-state index in [4.69, 9.17) is 23.7 Å². The second-order valence-corrected chi connectivity index (χ2v) is 8.70. The van der Waals surface area contributed by atoms with Gasteiger partial charge in [0.15, 0.2) is 18.1 Å². The fourth-order valence-corrected chi connectivity index (χ4v) is 4.25. The number of hydrogen-bond acceptors (Lipinski definition) is 8. The molecule has 0 aliphatic heterocycles. The molecule has 9 nitrogen and oxygen atoms in total. The number of hydrogen-bond donors (Lipinski definition) is 1. The van der Waals surface area contributed by atoms with Crippen LogP contribution in [0.1, 0.15) is 27.0 Å². The summed E-state index contributed by atoms with van der Waals surface area (Å²) >= 11 is 3.45. The number of nitrogens with zero attached hydrogens (tertiary/aromatic N) is 1. The summed E-state index contributed by atoms with van der Waals surface area (Å²) in [4.78, 5) is 24.9. The largest absolute Gasteiger partial charge is 0.493 e. The predicted octanol–water partition coefficient (Wildman–Crippen LogP) is 4.84. The second kappa shape index (κ2) is 12.8. The molecule has 0 heterocycles. The minimum atomic E-state index is -0.614. The number of nitrogens with one attached hydrogen (secondary N) is 1. The van der Waals surface area contributed by atoms with E-state index >= 15 is 0 Å². The minimum absolute atomic E-state index is 0.202. The molecule has 0 aliphatic rings. The number of methoxy groups -OCH3 is 3. The first-order chi connectivity index (χ1) is 17.7. The highest BCUT2D eigenvalue weighted by Gasteiger charge is 2.18. The van der Waals surface area contributed by atoms with Gasteiger partial charge in [0.05, 0.1) is 37.6 Å². The van der Waals surface area contributed by atoms with Crippen LogP contribution in [0.3, 0.4) is 0 Å². The molecule has 0 spiro atoms. The van der Waals surface area contributed by atoms with Gasteiger partial charge in [0.1, 0.15) is 11.5 Å². The van der Waals surface area contributed by atoms with Crippen LogP contribution in [0.5, 0.6) is 28.7 Å². The smallest absolute Gasteiger partial charge is 0.343 e.